The third-order valence-corrected chi connectivity index (χ3v) is 5.27. The van der Waals surface area contributed by atoms with Crippen molar-refractivity contribution in [2.45, 2.75) is 71.6 Å². The molecule has 25 heavy (non-hydrogen) atoms. The lowest BCUT2D eigenvalue weighted by molar-refractivity contribution is -0.123. The van der Waals surface area contributed by atoms with Crippen LogP contribution < -0.4 is 10.1 Å². The van der Waals surface area contributed by atoms with Crippen LogP contribution in [0.3, 0.4) is 0 Å². The average Bonchev–Trinajstić information content (AvgIpc) is 2.64. The van der Waals surface area contributed by atoms with Crippen molar-refractivity contribution in [3.8, 4) is 5.75 Å². The molecule has 1 aliphatic rings. The second kappa shape index (κ2) is 11.2. The van der Waals surface area contributed by atoms with Gasteiger partial charge >= 0.3 is 0 Å². The summed E-state index contributed by atoms with van der Waals surface area (Å²) in [5, 5.41) is 2.85. The van der Waals surface area contributed by atoms with Gasteiger partial charge in [0.15, 0.2) is 6.61 Å². The van der Waals surface area contributed by atoms with Gasteiger partial charge in [0.1, 0.15) is 5.75 Å². The van der Waals surface area contributed by atoms with E-state index in [2.05, 4.69) is 24.4 Å². The van der Waals surface area contributed by atoms with Gasteiger partial charge in [-0.05, 0) is 49.1 Å². The molecule has 3 heteroatoms. The third kappa shape index (κ3) is 7.50. The van der Waals surface area contributed by atoms with Crippen LogP contribution in [0.15, 0.2) is 24.3 Å². The zero-order valence-corrected chi connectivity index (χ0v) is 16.1. The van der Waals surface area contributed by atoms with Crippen molar-refractivity contribution in [3.63, 3.8) is 0 Å². The fourth-order valence-corrected chi connectivity index (χ4v) is 3.82. The number of ether oxygens (including phenoxy) is 1. The minimum atomic E-state index is -0.0395. The lowest BCUT2D eigenvalue weighted by atomic mass is 9.82. The first-order valence-electron chi connectivity index (χ1n) is 10.2. The first kappa shape index (κ1) is 19.8. The smallest absolute Gasteiger partial charge is 0.257 e. The van der Waals surface area contributed by atoms with Crippen LogP contribution in [0.1, 0.15) is 70.8 Å². The number of hydrogen-bond acceptors (Lipinski definition) is 2. The van der Waals surface area contributed by atoms with Crippen LogP contribution in [0.2, 0.25) is 0 Å². The van der Waals surface area contributed by atoms with E-state index >= 15 is 0 Å². The van der Waals surface area contributed by atoms with Crippen molar-refractivity contribution in [1.29, 1.82) is 0 Å². The topological polar surface area (TPSA) is 38.3 Å². The summed E-state index contributed by atoms with van der Waals surface area (Å²) < 4.78 is 5.77. The minimum Gasteiger partial charge on any atom is -0.483 e. The van der Waals surface area contributed by atoms with Crippen LogP contribution in [0, 0.1) is 11.8 Å². The van der Waals surface area contributed by atoms with Crippen LogP contribution in [0.25, 0.3) is 0 Å². The van der Waals surface area contributed by atoms with Crippen LogP contribution in [0.4, 0.5) is 0 Å². The highest BCUT2D eigenvalue weighted by Gasteiger charge is 2.17. The van der Waals surface area contributed by atoms with Crippen LogP contribution in [-0.4, -0.2) is 19.1 Å². The van der Waals surface area contributed by atoms with Crippen LogP contribution in [0.5, 0.6) is 5.75 Å². The molecular weight excluding hydrogens is 310 g/mol. The molecule has 140 valence electrons. The zero-order valence-electron chi connectivity index (χ0n) is 16.1. The Morgan fingerprint density at radius 1 is 1.24 bits per heavy atom. The lowest BCUT2D eigenvalue weighted by Gasteiger charge is -2.24. The van der Waals surface area contributed by atoms with Crippen molar-refractivity contribution < 1.29 is 9.53 Å². The Kier molecular flexibility index (Phi) is 8.85. The quantitative estimate of drug-likeness (QED) is 0.638. The van der Waals surface area contributed by atoms with Gasteiger partial charge in [0.25, 0.3) is 5.91 Å². The van der Waals surface area contributed by atoms with E-state index in [0.717, 1.165) is 30.4 Å². The monoisotopic (exact) mass is 345 g/mol. The van der Waals surface area contributed by atoms with Gasteiger partial charge in [0.2, 0.25) is 0 Å². The number of carbonyl (C=O) groups is 1. The van der Waals surface area contributed by atoms with Gasteiger partial charge in [0.05, 0.1) is 0 Å². The highest BCUT2D eigenvalue weighted by atomic mass is 16.5. The van der Waals surface area contributed by atoms with Crippen LogP contribution >= 0.6 is 0 Å². The molecule has 1 fully saturated rings. The molecule has 2 rings (SSSR count). The molecule has 1 aliphatic carbocycles. The van der Waals surface area contributed by atoms with Gasteiger partial charge in [-0.1, -0.05) is 64.2 Å². The number of amides is 1. The maximum absolute atomic E-state index is 11.7. The molecule has 0 saturated heterocycles. The SMILES string of the molecule is CCCNC(=O)COc1ccccc1CCC(C)CC1CCCCC1. The van der Waals surface area contributed by atoms with Crippen molar-refractivity contribution in [2.24, 2.45) is 11.8 Å². The third-order valence-electron chi connectivity index (χ3n) is 5.27. The van der Waals surface area contributed by atoms with E-state index in [0.29, 0.717) is 6.54 Å². The Hall–Kier alpha value is -1.51. The fraction of sp³-hybridized carbons (Fsp3) is 0.682. The lowest BCUT2D eigenvalue weighted by Crippen LogP contribution is -2.29. The van der Waals surface area contributed by atoms with E-state index in [1.54, 1.807) is 0 Å². The highest BCUT2D eigenvalue weighted by Crippen LogP contribution is 2.31. The molecule has 0 aromatic heterocycles. The molecule has 1 aromatic rings. The summed E-state index contributed by atoms with van der Waals surface area (Å²) in [6.07, 6.45) is 11.7. The number of nitrogens with one attached hydrogen (secondary N) is 1. The largest absolute Gasteiger partial charge is 0.483 e. The fourth-order valence-electron chi connectivity index (χ4n) is 3.82. The summed E-state index contributed by atoms with van der Waals surface area (Å²) >= 11 is 0. The average molecular weight is 346 g/mol. The molecule has 0 heterocycles. The number of rotatable bonds is 10. The highest BCUT2D eigenvalue weighted by molar-refractivity contribution is 5.77. The van der Waals surface area contributed by atoms with Gasteiger partial charge in [-0.3, -0.25) is 4.79 Å². The van der Waals surface area contributed by atoms with E-state index in [9.17, 15) is 4.79 Å². The molecule has 0 bridgehead atoms. The van der Waals surface area contributed by atoms with E-state index in [1.165, 1.54) is 50.5 Å². The summed E-state index contributed by atoms with van der Waals surface area (Å²) in [4.78, 5) is 11.7. The molecular formula is C22H35NO2. The van der Waals surface area contributed by atoms with E-state index in [1.807, 2.05) is 19.1 Å². The summed E-state index contributed by atoms with van der Waals surface area (Å²) in [5.41, 5.74) is 1.22. The Bertz CT molecular complexity index is 509. The van der Waals surface area contributed by atoms with Crippen molar-refractivity contribution in [3.05, 3.63) is 29.8 Å². The van der Waals surface area contributed by atoms with Gasteiger partial charge in [-0.2, -0.15) is 0 Å². The Morgan fingerprint density at radius 2 is 2.00 bits per heavy atom. The molecule has 0 aliphatic heterocycles. The molecule has 1 unspecified atom stereocenters. The number of carbonyl (C=O) groups excluding carboxylic acids is 1. The molecule has 1 saturated carbocycles. The second-order valence-electron chi connectivity index (χ2n) is 7.63. The predicted molar refractivity (Wildman–Crippen MR) is 104 cm³/mol. The van der Waals surface area contributed by atoms with Gasteiger partial charge in [-0.25, -0.2) is 0 Å². The summed E-state index contributed by atoms with van der Waals surface area (Å²) in [6.45, 7) is 5.25. The Labute approximate surface area is 153 Å². The number of para-hydroxylation sites is 1. The van der Waals surface area contributed by atoms with Crippen molar-refractivity contribution >= 4 is 5.91 Å². The molecule has 3 nitrogen and oxygen atoms in total. The molecule has 1 amide bonds. The maximum Gasteiger partial charge on any atom is 0.257 e. The van der Waals surface area contributed by atoms with Crippen LogP contribution in [-0.2, 0) is 11.2 Å². The molecule has 1 aromatic carbocycles. The van der Waals surface area contributed by atoms with Gasteiger partial charge in [0, 0.05) is 6.54 Å². The minimum absolute atomic E-state index is 0.0395. The van der Waals surface area contributed by atoms with E-state index < -0.39 is 0 Å². The summed E-state index contributed by atoms with van der Waals surface area (Å²) in [5.74, 6) is 2.52. The maximum atomic E-state index is 11.7. The molecule has 0 radical (unpaired) electrons. The normalized spacial score (nSPS) is 16.4. The first-order valence-corrected chi connectivity index (χ1v) is 10.2. The standard InChI is InChI=1S/C22H35NO2/c1-3-15-23-22(24)17-25-21-12-8-7-11-20(21)14-13-18(2)16-19-9-5-4-6-10-19/h7-8,11-12,18-19H,3-6,9-10,13-17H2,1-2H3,(H,23,24). The summed E-state index contributed by atoms with van der Waals surface area (Å²) in [7, 11) is 0. The predicted octanol–water partition coefficient (Wildman–Crippen LogP) is 5.13. The molecule has 1 N–H and O–H groups in total. The summed E-state index contributed by atoms with van der Waals surface area (Å²) in [6, 6.07) is 8.15. The van der Waals surface area contributed by atoms with E-state index in [4.69, 9.17) is 4.74 Å². The number of hydrogen-bond donors (Lipinski definition) is 1. The van der Waals surface area contributed by atoms with E-state index in [-0.39, 0.29) is 12.5 Å². The zero-order chi connectivity index (χ0) is 17.9. The molecule has 0 spiro atoms. The number of benzene rings is 1. The second-order valence-corrected chi connectivity index (χ2v) is 7.63. The van der Waals surface area contributed by atoms with Crippen molar-refractivity contribution in [1.82, 2.24) is 5.32 Å². The molecule has 1 atom stereocenters. The van der Waals surface area contributed by atoms with Crippen molar-refractivity contribution in [2.75, 3.05) is 13.2 Å². The first-order chi connectivity index (χ1) is 12.2. The van der Waals surface area contributed by atoms with Gasteiger partial charge < -0.3 is 10.1 Å². The number of aryl methyl sites for hydroxylation is 1. The Balaban J connectivity index is 1.77. The van der Waals surface area contributed by atoms with Gasteiger partial charge in [-0.15, -0.1) is 0 Å². The Morgan fingerprint density at radius 3 is 2.76 bits per heavy atom.